The molecule has 0 bridgehead atoms. The van der Waals surface area contributed by atoms with Gasteiger partial charge in [-0.05, 0) is 0 Å². The van der Waals surface area contributed by atoms with E-state index in [2.05, 4.69) is 66.0 Å². The fourth-order valence-electron chi connectivity index (χ4n) is 2.29. The van der Waals surface area contributed by atoms with Gasteiger partial charge in [-0.2, -0.15) is 0 Å². The molecule has 1 unspecified atom stereocenters. The van der Waals surface area contributed by atoms with Crippen LogP contribution in [0.2, 0.25) is 24.6 Å². The number of hydrogen-bond acceptors (Lipinski definition) is 2. The first-order chi connectivity index (χ1) is 11.0. The number of rotatable bonds is 7. The molecule has 0 aliphatic heterocycles. The average molecular weight is 439 g/mol. The van der Waals surface area contributed by atoms with E-state index in [1.165, 1.54) is 5.56 Å². The molecule has 1 aromatic carbocycles. The van der Waals surface area contributed by atoms with Gasteiger partial charge in [0.15, 0.2) is 0 Å². The molecule has 2 nitrogen and oxygen atoms in total. The topological polar surface area (TPSA) is 22.1 Å². The first-order valence-electron chi connectivity index (χ1n) is 7.88. The molecule has 2 rings (SSSR count). The summed E-state index contributed by atoms with van der Waals surface area (Å²) in [5, 5.41) is 0. The summed E-state index contributed by atoms with van der Waals surface area (Å²) in [6.07, 6.45) is 5.12. The van der Waals surface area contributed by atoms with Crippen molar-refractivity contribution in [3.63, 3.8) is 0 Å². The quantitative estimate of drug-likeness (QED) is 0.440. The Labute approximate surface area is 151 Å². The Bertz CT molecular complexity index is 623. The number of hydrogen-bond donors (Lipinski definition) is 0. The first-order valence-corrected chi connectivity index (χ1v) is 15.0. The van der Waals surface area contributed by atoms with Gasteiger partial charge in [0.05, 0.1) is 0 Å². The SMILES string of the molecule is C[Te]C(CC=C(O[Si](C)(C)C)c1ccccn1)c1ccccc1. The number of allylic oxidation sites excluding steroid dienone is 1. The molecule has 1 heterocycles. The van der Waals surface area contributed by atoms with Crippen LogP contribution in [0.15, 0.2) is 60.8 Å². The molecule has 0 saturated heterocycles. The third-order valence-corrected chi connectivity index (χ3v) is 7.09. The van der Waals surface area contributed by atoms with Gasteiger partial charge in [0.1, 0.15) is 0 Å². The summed E-state index contributed by atoms with van der Waals surface area (Å²) in [7, 11) is -1.66. The van der Waals surface area contributed by atoms with Crippen molar-refractivity contribution in [3.05, 3.63) is 72.1 Å². The third kappa shape index (κ3) is 6.14. The van der Waals surface area contributed by atoms with Gasteiger partial charge >= 0.3 is 151 Å². The molecule has 0 radical (unpaired) electrons. The van der Waals surface area contributed by atoms with E-state index in [4.69, 9.17) is 4.43 Å². The molecule has 4 heteroatoms. The van der Waals surface area contributed by atoms with Gasteiger partial charge in [-0.1, -0.05) is 0 Å². The van der Waals surface area contributed by atoms with E-state index < -0.39 is 8.32 Å². The van der Waals surface area contributed by atoms with Crippen LogP contribution in [0.5, 0.6) is 0 Å². The number of aromatic nitrogens is 1. The van der Waals surface area contributed by atoms with Gasteiger partial charge in [0, 0.05) is 0 Å². The molecule has 0 aliphatic rings. The molecule has 2 aromatic rings. The Morgan fingerprint density at radius 1 is 1.13 bits per heavy atom. The number of pyridine rings is 1. The maximum atomic E-state index is 6.31. The summed E-state index contributed by atoms with van der Waals surface area (Å²) in [6, 6.07) is 16.8. The van der Waals surface area contributed by atoms with Crippen molar-refractivity contribution in [3.8, 4) is 0 Å². The van der Waals surface area contributed by atoms with Crippen molar-refractivity contribution < 1.29 is 4.43 Å². The van der Waals surface area contributed by atoms with Crippen molar-refractivity contribution in [2.45, 2.75) is 35.0 Å². The minimum atomic E-state index is -1.66. The Hall–Kier alpha value is -1.08. The van der Waals surface area contributed by atoms with E-state index in [9.17, 15) is 0 Å². The van der Waals surface area contributed by atoms with Crippen molar-refractivity contribution in [1.29, 1.82) is 0 Å². The molecule has 0 spiro atoms. The van der Waals surface area contributed by atoms with E-state index in [-0.39, 0.29) is 20.9 Å². The third-order valence-electron chi connectivity index (χ3n) is 3.31. The van der Waals surface area contributed by atoms with E-state index >= 15 is 0 Å². The Morgan fingerprint density at radius 2 is 1.83 bits per heavy atom. The van der Waals surface area contributed by atoms with E-state index in [0.29, 0.717) is 3.97 Å². The van der Waals surface area contributed by atoms with E-state index in [1.54, 1.807) is 0 Å². The van der Waals surface area contributed by atoms with Gasteiger partial charge in [0.2, 0.25) is 0 Å². The molecule has 1 atom stereocenters. The Morgan fingerprint density at radius 3 is 2.39 bits per heavy atom. The Kier molecular flexibility index (Phi) is 6.89. The van der Waals surface area contributed by atoms with Gasteiger partial charge < -0.3 is 0 Å². The Balaban J connectivity index is 2.22. The maximum absolute atomic E-state index is 6.31. The fraction of sp³-hybridized carbons (Fsp3) is 0.316. The zero-order valence-corrected chi connectivity index (χ0v) is 17.7. The summed E-state index contributed by atoms with van der Waals surface area (Å²) in [5.41, 5.74) is 2.39. The molecule has 0 amide bonds. The summed E-state index contributed by atoms with van der Waals surface area (Å²) < 4.78 is 6.95. The van der Waals surface area contributed by atoms with Crippen LogP contribution in [-0.4, -0.2) is 34.2 Å². The average Bonchev–Trinajstić information content (AvgIpc) is 2.55. The standard InChI is InChI=1S/C19H25NOSiTe/c1-22(2,3)21-18(17-12-8-9-15-20-17)13-14-19(23-4)16-10-6-5-7-11-16/h5-13,15,19H,14H2,1-4H3. The van der Waals surface area contributed by atoms with Crippen molar-refractivity contribution in [2.75, 3.05) is 0 Å². The molecular weight excluding hydrogens is 414 g/mol. The molecule has 0 fully saturated rings. The second-order valence-corrected chi connectivity index (χ2v) is 13.8. The van der Waals surface area contributed by atoms with Crippen LogP contribution in [-0.2, 0) is 4.43 Å². The molecule has 23 heavy (non-hydrogen) atoms. The van der Waals surface area contributed by atoms with E-state index in [0.717, 1.165) is 17.9 Å². The fourth-order valence-corrected chi connectivity index (χ4v) is 5.18. The van der Waals surface area contributed by atoms with Crippen LogP contribution in [0.25, 0.3) is 5.76 Å². The second kappa shape index (κ2) is 8.68. The molecule has 0 aliphatic carbocycles. The predicted molar refractivity (Wildman–Crippen MR) is 102 cm³/mol. The van der Waals surface area contributed by atoms with Gasteiger partial charge in [0.25, 0.3) is 0 Å². The normalized spacial score (nSPS) is 13.7. The molecule has 122 valence electrons. The zero-order valence-electron chi connectivity index (χ0n) is 14.3. The summed E-state index contributed by atoms with van der Waals surface area (Å²) in [6.45, 7) is 6.64. The van der Waals surface area contributed by atoms with Gasteiger partial charge in [-0.15, -0.1) is 0 Å². The monoisotopic (exact) mass is 441 g/mol. The van der Waals surface area contributed by atoms with E-state index in [1.807, 2.05) is 24.4 Å². The van der Waals surface area contributed by atoms with Crippen LogP contribution >= 0.6 is 0 Å². The van der Waals surface area contributed by atoms with Crippen molar-refractivity contribution in [2.24, 2.45) is 0 Å². The van der Waals surface area contributed by atoms with Crippen LogP contribution < -0.4 is 0 Å². The predicted octanol–water partition coefficient (Wildman–Crippen LogP) is 5.16. The van der Waals surface area contributed by atoms with Crippen molar-refractivity contribution >= 4 is 35.0 Å². The molecule has 1 aromatic heterocycles. The van der Waals surface area contributed by atoms with Gasteiger partial charge in [-0.3, -0.25) is 0 Å². The zero-order chi connectivity index (χ0) is 16.7. The van der Waals surface area contributed by atoms with Crippen molar-refractivity contribution in [1.82, 2.24) is 4.98 Å². The van der Waals surface area contributed by atoms with Crippen LogP contribution in [0, 0.1) is 0 Å². The minimum absolute atomic E-state index is 0.0636. The second-order valence-electron chi connectivity index (χ2n) is 6.37. The molecule has 0 N–H and O–H groups in total. The molecular formula is C19H25NOSiTe. The molecule has 0 saturated carbocycles. The summed E-state index contributed by atoms with van der Waals surface area (Å²) >= 11 is -0.0636. The summed E-state index contributed by atoms with van der Waals surface area (Å²) in [5.74, 6) is 0.951. The van der Waals surface area contributed by atoms with Gasteiger partial charge in [-0.25, -0.2) is 0 Å². The first kappa shape index (κ1) is 18.3. The van der Waals surface area contributed by atoms with Crippen LogP contribution in [0.1, 0.15) is 21.6 Å². The summed E-state index contributed by atoms with van der Waals surface area (Å²) in [4.78, 5) is 6.85. The van der Waals surface area contributed by atoms with Crippen LogP contribution in [0.4, 0.5) is 0 Å². The number of benzene rings is 1. The number of nitrogens with zero attached hydrogens (tertiary/aromatic N) is 1. The van der Waals surface area contributed by atoms with Crippen LogP contribution in [0.3, 0.4) is 0 Å².